The van der Waals surface area contributed by atoms with Crippen molar-refractivity contribution in [3.05, 3.63) is 65.1 Å². The van der Waals surface area contributed by atoms with E-state index in [1.165, 1.54) is 19.4 Å². The third kappa shape index (κ3) is 4.27. The quantitative estimate of drug-likeness (QED) is 0.464. The zero-order valence-corrected chi connectivity index (χ0v) is 18.7. The van der Waals surface area contributed by atoms with Gasteiger partial charge in [-0.05, 0) is 42.6 Å². The summed E-state index contributed by atoms with van der Waals surface area (Å²) < 4.78 is 25.8. The molecule has 0 saturated carbocycles. The largest absolute Gasteiger partial charge is 0.480 e. The number of pyridine rings is 2. The third-order valence-electron chi connectivity index (χ3n) is 5.63. The third-order valence-corrected chi connectivity index (χ3v) is 5.63. The van der Waals surface area contributed by atoms with Gasteiger partial charge in [0.25, 0.3) is 5.56 Å². The average Bonchev–Trinajstić information content (AvgIpc) is 2.84. The van der Waals surface area contributed by atoms with Crippen LogP contribution in [0.2, 0.25) is 0 Å². The Labute approximate surface area is 194 Å². The van der Waals surface area contributed by atoms with E-state index in [0.29, 0.717) is 59.1 Å². The lowest BCUT2D eigenvalue weighted by Crippen LogP contribution is -2.41. The molecule has 10 heteroatoms. The summed E-state index contributed by atoms with van der Waals surface area (Å²) in [7, 11) is 1.50. The molecule has 4 aromatic rings. The van der Waals surface area contributed by atoms with E-state index >= 15 is 4.39 Å². The SMILES string of the molecule is COc1cncc(-c2cc3cc[nH]c(=O)c3c(Nc3ccc(N4CCO[C@H](C)C4)c(F)c3)n2)n1. The summed E-state index contributed by atoms with van der Waals surface area (Å²) in [4.78, 5) is 30.4. The monoisotopic (exact) mass is 462 g/mol. The molecule has 0 amide bonds. The fourth-order valence-electron chi connectivity index (χ4n) is 4.02. The maximum absolute atomic E-state index is 15.0. The van der Waals surface area contributed by atoms with Crippen LogP contribution < -0.4 is 20.5 Å². The maximum Gasteiger partial charge on any atom is 0.259 e. The molecule has 2 N–H and O–H groups in total. The molecule has 1 atom stereocenters. The van der Waals surface area contributed by atoms with Gasteiger partial charge in [0.1, 0.15) is 17.3 Å². The summed E-state index contributed by atoms with van der Waals surface area (Å²) in [6.07, 6.45) is 4.66. The first-order valence-corrected chi connectivity index (χ1v) is 10.8. The smallest absolute Gasteiger partial charge is 0.259 e. The summed E-state index contributed by atoms with van der Waals surface area (Å²) in [6, 6.07) is 8.41. The van der Waals surface area contributed by atoms with Crippen LogP contribution in [0.1, 0.15) is 6.92 Å². The lowest BCUT2D eigenvalue weighted by atomic mass is 10.1. The summed E-state index contributed by atoms with van der Waals surface area (Å²) in [5.74, 6) is 0.258. The summed E-state index contributed by atoms with van der Waals surface area (Å²) in [5, 5.41) is 4.12. The molecule has 5 rings (SSSR count). The lowest BCUT2D eigenvalue weighted by molar-refractivity contribution is 0.0530. The van der Waals surface area contributed by atoms with Gasteiger partial charge in [0, 0.05) is 25.0 Å². The summed E-state index contributed by atoms with van der Waals surface area (Å²) >= 11 is 0. The van der Waals surface area contributed by atoms with Crippen molar-refractivity contribution in [3.8, 4) is 17.3 Å². The van der Waals surface area contributed by atoms with Crippen molar-refractivity contribution < 1.29 is 13.9 Å². The molecule has 9 nitrogen and oxygen atoms in total. The highest BCUT2D eigenvalue weighted by Gasteiger charge is 2.20. The molecule has 174 valence electrons. The molecule has 3 aromatic heterocycles. The highest BCUT2D eigenvalue weighted by atomic mass is 19.1. The van der Waals surface area contributed by atoms with Crippen molar-refractivity contribution in [2.24, 2.45) is 0 Å². The highest BCUT2D eigenvalue weighted by molar-refractivity contribution is 5.95. The number of rotatable bonds is 5. The molecule has 0 unspecified atom stereocenters. The Morgan fingerprint density at radius 2 is 2.09 bits per heavy atom. The van der Waals surface area contributed by atoms with Gasteiger partial charge >= 0.3 is 0 Å². The summed E-state index contributed by atoms with van der Waals surface area (Å²) in [5.41, 5.74) is 1.64. The molecule has 4 heterocycles. The number of H-pyrrole nitrogens is 1. The Kier molecular flexibility index (Phi) is 5.81. The minimum atomic E-state index is -0.368. The predicted molar refractivity (Wildman–Crippen MR) is 127 cm³/mol. The van der Waals surface area contributed by atoms with Gasteiger partial charge in [0.15, 0.2) is 0 Å². The van der Waals surface area contributed by atoms with Crippen molar-refractivity contribution in [1.82, 2.24) is 19.9 Å². The van der Waals surface area contributed by atoms with Crippen molar-refractivity contribution >= 4 is 28.0 Å². The molecule has 0 aliphatic carbocycles. The van der Waals surface area contributed by atoms with Gasteiger partial charge in [-0.2, -0.15) is 0 Å². The van der Waals surface area contributed by atoms with Gasteiger partial charge in [0.05, 0.1) is 49.0 Å². The van der Waals surface area contributed by atoms with E-state index in [0.717, 1.165) is 0 Å². The highest BCUT2D eigenvalue weighted by Crippen LogP contribution is 2.30. The Balaban J connectivity index is 1.54. The number of fused-ring (bicyclic) bond motifs is 1. The number of anilines is 3. The van der Waals surface area contributed by atoms with E-state index in [2.05, 4.69) is 25.3 Å². The van der Waals surface area contributed by atoms with Gasteiger partial charge in [-0.25, -0.2) is 14.4 Å². The molecule has 0 bridgehead atoms. The van der Waals surface area contributed by atoms with Crippen LogP contribution in [-0.2, 0) is 4.74 Å². The Bertz CT molecular complexity index is 1410. The number of nitrogens with zero attached hydrogens (tertiary/aromatic N) is 4. The topological polar surface area (TPSA) is 105 Å². The number of hydrogen-bond donors (Lipinski definition) is 2. The first kappa shape index (κ1) is 21.8. The zero-order valence-electron chi connectivity index (χ0n) is 18.7. The van der Waals surface area contributed by atoms with E-state index in [9.17, 15) is 4.79 Å². The van der Waals surface area contributed by atoms with Crippen LogP contribution >= 0.6 is 0 Å². The molecule has 0 spiro atoms. The lowest BCUT2D eigenvalue weighted by Gasteiger charge is -2.33. The Morgan fingerprint density at radius 3 is 2.88 bits per heavy atom. The van der Waals surface area contributed by atoms with E-state index in [1.54, 1.807) is 36.7 Å². The molecule has 1 saturated heterocycles. The van der Waals surface area contributed by atoms with Crippen LogP contribution in [0.25, 0.3) is 22.2 Å². The number of methoxy groups -OCH3 is 1. The normalized spacial score (nSPS) is 16.0. The average molecular weight is 462 g/mol. The minimum Gasteiger partial charge on any atom is -0.480 e. The van der Waals surface area contributed by atoms with Crippen molar-refractivity contribution in [3.63, 3.8) is 0 Å². The van der Waals surface area contributed by atoms with E-state index in [1.807, 2.05) is 11.8 Å². The van der Waals surface area contributed by atoms with Crippen LogP contribution in [0.3, 0.4) is 0 Å². The molecule has 1 aliphatic heterocycles. The second kappa shape index (κ2) is 9.06. The van der Waals surface area contributed by atoms with Gasteiger partial charge in [0.2, 0.25) is 5.88 Å². The molecule has 1 aliphatic rings. The number of benzene rings is 1. The van der Waals surface area contributed by atoms with Gasteiger partial charge in [-0.1, -0.05) is 0 Å². The molecule has 1 aromatic carbocycles. The van der Waals surface area contributed by atoms with Crippen molar-refractivity contribution in [2.75, 3.05) is 37.0 Å². The predicted octanol–water partition coefficient (Wildman–Crippen LogP) is 3.50. The first-order chi connectivity index (χ1) is 16.5. The van der Waals surface area contributed by atoms with Crippen LogP contribution in [0.4, 0.5) is 21.6 Å². The maximum atomic E-state index is 15.0. The Morgan fingerprint density at radius 1 is 1.21 bits per heavy atom. The molecular formula is C24H23FN6O3. The van der Waals surface area contributed by atoms with Crippen LogP contribution in [0.5, 0.6) is 5.88 Å². The number of halogens is 1. The molecule has 1 fully saturated rings. The van der Waals surface area contributed by atoms with Gasteiger partial charge in [-0.3, -0.25) is 9.78 Å². The number of ether oxygens (including phenoxy) is 2. The van der Waals surface area contributed by atoms with E-state index < -0.39 is 0 Å². The van der Waals surface area contributed by atoms with Crippen molar-refractivity contribution in [2.45, 2.75) is 13.0 Å². The number of morpholine rings is 1. The van der Waals surface area contributed by atoms with Crippen LogP contribution in [0.15, 0.2) is 53.7 Å². The Hall–Kier alpha value is -4.05. The van der Waals surface area contributed by atoms with E-state index in [-0.39, 0.29) is 23.3 Å². The van der Waals surface area contributed by atoms with Crippen LogP contribution in [0, 0.1) is 5.82 Å². The first-order valence-electron chi connectivity index (χ1n) is 10.8. The number of hydrogen-bond acceptors (Lipinski definition) is 8. The standard InChI is InChI=1S/C24H23FN6O3/c1-14-13-31(7-8-34-14)20-4-3-16(10-17(20)25)28-23-22-15(5-6-27-24(22)32)9-18(30-23)19-11-26-12-21(29-19)33-2/h3-6,9-12,14H,7-8,13H2,1-2H3,(H,27,32)(H,28,30)/t14-/m1/s1. The minimum absolute atomic E-state index is 0.0377. The van der Waals surface area contributed by atoms with Gasteiger partial charge < -0.3 is 24.7 Å². The van der Waals surface area contributed by atoms with Gasteiger partial charge in [-0.15, -0.1) is 0 Å². The molecule has 0 radical (unpaired) electrons. The van der Waals surface area contributed by atoms with Crippen molar-refractivity contribution in [1.29, 1.82) is 0 Å². The fraction of sp³-hybridized carbons (Fsp3) is 0.250. The molecule has 34 heavy (non-hydrogen) atoms. The second-order valence-electron chi connectivity index (χ2n) is 7.99. The zero-order chi connectivity index (χ0) is 23.7. The summed E-state index contributed by atoms with van der Waals surface area (Å²) in [6.45, 7) is 3.77. The van der Waals surface area contributed by atoms with Crippen LogP contribution in [-0.4, -0.2) is 52.8 Å². The number of nitrogens with one attached hydrogen (secondary N) is 2. The van der Waals surface area contributed by atoms with E-state index in [4.69, 9.17) is 9.47 Å². The second-order valence-corrected chi connectivity index (χ2v) is 7.99. The fourth-order valence-corrected chi connectivity index (χ4v) is 4.02. The number of aromatic nitrogens is 4. The molecular weight excluding hydrogens is 439 g/mol. The number of aromatic amines is 1.